The van der Waals surface area contributed by atoms with E-state index in [4.69, 9.17) is 0 Å². The maximum absolute atomic E-state index is 12.8. The summed E-state index contributed by atoms with van der Waals surface area (Å²) in [5.41, 5.74) is 1.41. The summed E-state index contributed by atoms with van der Waals surface area (Å²) >= 11 is 0. The molecule has 0 saturated carbocycles. The summed E-state index contributed by atoms with van der Waals surface area (Å²) in [4.78, 5) is 11.5. The lowest BCUT2D eigenvalue weighted by Crippen LogP contribution is -2.12. The van der Waals surface area contributed by atoms with Gasteiger partial charge in [0.1, 0.15) is 5.82 Å². The lowest BCUT2D eigenvalue weighted by atomic mass is 9.87. The van der Waals surface area contributed by atoms with Gasteiger partial charge in [-0.3, -0.25) is 4.79 Å². The van der Waals surface area contributed by atoms with Gasteiger partial charge in [0.2, 0.25) is 0 Å². The maximum Gasteiger partial charge on any atom is 0.164 e. The molecule has 1 aliphatic carbocycles. The molecule has 0 N–H and O–H groups in total. The van der Waals surface area contributed by atoms with Crippen molar-refractivity contribution < 1.29 is 9.18 Å². The van der Waals surface area contributed by atoms with Crippen molar-refractivity contribution in [1.82, 2.24) is 0 Å². The van der Waals surface area contributed by atoms with Gasteiger partial charge < -0.3 is 0 Å². The van der Waals surface area contributed by atoms with E-state index in [1.807, 2.05) is 13.8 Å². The minimum absolute atomic E-state index is 0.0551. The fraction of sp³-hybridized carbons (Fsp3) is 0.364. The fourth-order valence-electron chi connectivity index (χ4n) is 1.93. The standard InChI is InChI=1S/C11H11FO/c1-11(2)6-10(13)8-5-7(12)3-4-9(8)11/h3-5H,6H2,1-2H3. The van der Waals surface area contributed by atoms with Crippen molar-refractivity contribution >= 4 is 5.78 Å². The van der Waals surface area contributed by atoms with Crippen molar-refractivity contribution in [3.05, 3.63) is 35.1 Å². The molecule has 2 heteroatoms. The second kappa shape index (κ2) is 2.41. The molecule has 0 atom stereocenters. The monoisotopic (exact) mass is 178 g/mol. The summed E-state index contributed by atoms with van der Waals surface area (Å²) in [5, 5.41) is 0. The lowest BCUT2D eigenvalue weighted by Gasteiger charge is -2.16. The molecule has 0 radical (unpaired) electrons. The zero-order valence-electron chi connectivity index (χ0n) is 7.73. The number of Topliss-reactive ketones (excluding diaryl/α,β-unsaturated/α-hetero) is 1. The van der Waals surface area contributed by atoms with Crippen molar-refractivity contribution in [3.8, 4) is 0 Å². The van der Waals surface area contributed by atoms with Crippen molar-refractivity contribution in [2.75, 3.05) is 0 Å². The predicted octanol–water partition coefficient (Wildman–Crippen LogP) is 2.69. The number of hydrogen-bond acceptors (Lipinski definition) is 1. The van der Waals surface area contributed by atoms with Crippen LogP contribution in [0.15, 0.2) is 18.2 Å². The van der Waals surface area contributed by atoms with E-state index in [2.05, 4.69) is 0 Å². The molecule has 0 amide bonds. The van der Waals surface area contributed by atoms with Crippen LogP contribution in [-0.4, -0.2) is 5.78 Å². The number of rotatable bonds is 0. The van der Waals surface area contributed by atoms with Gasteiger partial charge in [0.05, 0.1) is 0 Å². The average molecular weight is 178 g/mol. The Morgan fingerprint density at radius 1 is 1.38 bits per heavy atom. The van der Waals surface area contributed by atoms with Gasteiger partial charge in [-0.2, -0.15) is 0 Å². The predicted molar refractivity (Wildman–Crippen MR) is 48.4 cm³/mol. The molecular formula is C11H11FO. The van der Waals surface area contributed by atoms with E-state index in [-0.39, 0.29) is 17.0 Å². The van der Waals surface area contributed by atoms with Crippen LogP contribution in [0, 0.1) is 5.82 Å². The van der Waals surface area contributed by atoms with E-state index >= 15 is 0 Å². The third-order valence-corrected chi connectivity index (χ3v) is 2.61. The Kier molecular flexibility index (Phi) is 1.56. The van der Waals surface area contributed by atoms with Crippen LogP contribution in [0.2, 0.25) is 0 Å². The van der Waals surface area contributed by atoms with Crippen LogP contribution >= 0.6 is 0 Å². The van der Waals surface area contributed by atoms with Gasteiger partial charge in [-0.05, 0) is 23.1 Å². The second-order valence-electron chi connectivity index (χ2n) is 4.17. The molecule has 2 rings (SSSR count). The number of carbonyl (C=O) groups excluding carboxylic acids is 1. The topological polar surface area (TPSA) is 17.1 Å². The maximum atomic E-state index is 12.8. The molecule has 0 aliphatic heterocycles. The highest BCUT2D eigenvalue weighted by atomic mass is 19.1. The Labute approximate surface area is 76.6 Å². The lowest BCUT2D eigenvalue weighted by molar-refractivity contribution is 0.0979. The van der Waals surface area contributed by atoms with Crippen LogP contribution < -0.4 is 0 Å². The van der Waals surface area contributed by atoms with Gasteiger partial charge in [-0.1, -0.05) is 19.9 Å². The van der Waals surface area contributed by atoms with Gasteiger partial charge in [0.15, 0.2) is 5.78 Å². The van der Waals surface area contributed by atoms with Gasteiger partial charge in [-0.15, -0.1) is 0 Å². The van der Waals surface area contributed by atoms with Crippen LogP contribution in [0.4, 0.5) is 4.39 Å². The summed E-state index contributed by atoms with van der Waals surface area (Å²) in [7, 11) is 0. The third kappa shape index (κ3) is 1.17. The van der Waals surface area contributed by atoms with E-state index in [0.29, 0.717) is 12.0 Å². The van der Waals surface area contributed by atoms with Crippen LogP contribution in [0.3, 0.4) is 0 Å². The third-order valence-electron chi connectivity index (χ3n) is 2.61. The van der Waals surface area contributed by atoms with Crippen molar-refractivity contribution in [2.24, 2.45) is 0 Å². The summed E-state index contributed by atoms with van der Waals surface area (Å²) in [6.45, 7) is 4.02. The van der Waals surface area contributed by atoms with Crippen LogP contribution in [0.5, 0.6) is 0 Å². The van der Waals surface area contributed by atoms with E-state index in [1.165, 1.54) is 12.1 Å². The van der Waals surface area contributed by atoms with Gasteiger partial charge in [-0.25, -0.2) is 4.39 Å². The highest BCUT2D eigenvalue weighted by molar-refractivity contribution is 6.02. The number of carbonyl (C=O) groups is 1. The van der Waals surface area contributed by atoms with Crippen molar-refractivity contribution in [1.29, 1.82) is 0 Å². The molecule has 13 heavy (non-hydrogen) atoms. The van der Waals surface area contributed by atoms with Crippen molar-refractivity contribution in [3.63, 3.8) is 0 Å². The Balaban J connectivity index is 2.66. The molecule has 0 aromatic heterocycles. The highest BCUT2D eigenvalue weighted by Gasteiger charge is 2.35. The number of fused-ring (bicyclic) bond motifs is 1. The molecular weight excluding hydrogens is 167 g/mol. The van der Waals surface area contributed by atoms with Crippen LogP contribution in [0.1, 0.15) is 36.2 Å². The molecule has 1 aromatic carbocycles. The quantitative estimate of drug-likeness (QED) is 0.597. The molecule has 0 heterocycles. The molecule has 0 saturated heterocycles. The molecule has 0 fully saturated rings. The number of halogens is 1. The Bertz CT molecular complexity index is 380. The molecule has 1 aromatic rings. The largest absolute Gasteiger partial charge is 0.294 e. The molecule has 1 nitrogen and oxygen atoms in total. The first-order valence-electron chi connectivity index (χ1n) is 4.34. The zero-order valence-corrected chi connectivity index (χ0v) is 7.73. The second-order valence-corrected chi connectivity index (χ2v) is 4.17. The summed E-state index contributed by atoms with van der Waals surface area (Å²) < 4.78 is 12.8. The van der Waals surface area contributed by atoms with E-state index in [1.54, 1.807) is 6.07 Å². The van der Waals surface area contributed by atoms with E-state index in [9.17, 15) is 9.18 Å². The SMILES string of the molecule is CC1(C)CC(=O)c2cc(F)ccc21. The first kappa shape index (κ1) is 8.42. The van der Waals surface area contributed by atoms with Gasteiger partial charge >= 0.3 is 0 Å². The summed E-state index contributed by atoms with van der Waals surface area (Å²) in [5.74, 6) is -0.274. The minimum Gasteiger partial charge on any atom is -0.294 e. The first-order chi connectivity index (χ1) is 6.00. The molecule has 68 valence electrons. The Morgan fingerprint density at radius 2 is 2.08 bits per heavy atom. The van der Waals surface area contributed by atoms with Gasteiger partial charge in [0, 0.05) is 12.0 Å². The minimum atomic E-state index is -0.329. The molecule has 1 aliphatic rings. The average Bonchev–Trinajstić information content (AvgIpc) is 2.22. The number of hydrogen-bond donors (Lipinski definition) is 0. The fourth-order valence-corrected chi connectivity index (χ4v) is 1.93. The van der Waals surface area contributed by atoms with Crippen LogP contribution in [0.25, 0.3) is 0 Å². The smallest absolute Gasteiger partial charge is 0.164 e. The number of benzene rings is 1. The molecule has 0 unspecified atom stereocenters. The highest BCUT2D eigenvalue weighted by Crippen LogP contribution is 2.38. The number of ketones is 1. The Morgan fingerprint density at radius 3 is 2.77 bits per heavy atom. The molecule has 0 bridgehead atoms. The summed E-state index contributed by atoms with van der Waals surface area (Å²) in [6, 6.07) is 4.47. The first-order valence-corrected chi connectivity index (χ1v) is 4.34. The normalized spacial score (nSPS) is 18.8. The van der Waals surface area contributed by atoms with Gasteiger partial charge in [0.25, 0.3) is 0 Å². The van der Waals surface area contributed by atoms with Crippen molar-refractivity contribution in [2.45, 2.75) is 25.7 Å². The van der Waals surface area contributed by atoms with E-state index < -0.39 is 0 Å². The van der Waals surface area contributed by atoms with E-state index in [0.717, 1.165) is 5.56 Å². The molecule has 0 spiro atoms. The Hall–Kier alpha value is -1.18. The summed E-state index contributed by atoms with van der Waals surface area (Å²) in [6.07, 6.45) is 0.492. The van der Waals surface area contributed by atoms with Crippen LogP contribution in [-0.2, 0) is 5.41 Å². The zero-order chi connectivity index (χ0) is 9.64.